The summed E-state index contributed by atoms with van der Waals surface area (Å²) >= 11 is 5.84. The summed E-state index contributed by atoms with van der Waals surface area (Å²) in [7, 11) is 0. The topological polar surface area (TPSA) is 40.5 Å². The van der Waals surface area contributed by atoms with Gasteiger partial charge in [0.2, 0.25) is 0 Å². The van der Waals surface area contributed by atoms with Gasteiger partial charge in [-0.25, -0.2) is 4.79 Å². The van der Waals surface area contributed by atoms with Gasteiger partial charge >= 0.3 is 5.97 Å². The van der Waals surface area contributed by atoms with Gasteiger partial charge in [-0.05, 0) is 38.5 Å². The molecule has 1 N–H and O–H groups in total. The van der Waals surface area contributed by atoms with Gasteiger partial charge in [-0.2, -0.15) is 0 Å². The molecule has 1 aromatic carbocycles. The summed E-state index contributed by atoms with van der Waals surface area (Å²) in [6, 6.07) is 5.27. The van der Waals surface area contributed by atoms with Crippen LogP contribution in [-0.4, -0.2) is 23.7 Å². The average Bonchev–Trinajstić information content (AvgIpc) is 2.26. The van der Waals surface area contributed by atoms with Gasteiger partial charge in [-0.3, -0.25) is 0 Å². The smallest absolute Gasteiger partial charge is 0.337 e. The minimum Gasteiger partial charge on any atom is -0.478 e. The molecule has 0 unspecified atom stereocenters. The van der Waals surface area contributed by atoms with Crippen molar-refractivity contribution in [2.24, 2.45) is 0 Å². The third-order valence-corrected chi connectivity index (χ3v) is 2.82. The molecule has 3 nitrogen and oxygen atoms in total. The average molecular weight is 256 g/mol. The van der Waals surface area contributed by atoms with Crippen molar-refractivity contribution in [1.82, 2.24) is 0 Å². The lowest BCUT2D eigenvalue weighted by Gasteiger charge is -2.29. The number of hydrogen-bond acceptors (Lipinski definition) is 2. The lowest BCUT2D eigenvalue weighted by atomic mass is 10.1. The molecule has 0 bridgehead atoms. The van der Waals surface area contributed by atoms with E-state index in [4.69, 9.17) is 11.6 Å². The number of carboxylic acid groups (broad SMARTS) is 1. The van der Waals surface area contributed by atoms with Crippen molar-refractivity contribution in [1.29, 1.82) is 0 Å². The zero-order valence-electron chi connectivity index (χ0n) is 10.4. The summed E-state index contributed by atoms with van der Waals surface area (Å²) in [5, 5.41) is 9.65. The van der Waals surface area contributed by atoms with Crippen LogP contribution in [-0.2, 0) is 0 Å². The number of carbonyl (C=O) groups is 1. The molecule has 0 saturated heterocycles. The molecular formula is C13H18ClNO2. The van der Waals surface area contributed by atoms with Gasteiger partial charge in [-0.15, -0.1) is 0 Å². The summed E-state index contributed by atoms with van der Waals surface area (Å²) in [6.45, 7) is 7.01. The molecule has 0 spiro atoms. The molecule has 0 aliphatic rings. The lowest BCUT2D eigenvalue weighted by molar-refractivity contribution is 0.0697. The van der Waals surface area contributed by atoms with Gasteiger partial charge in [0.25, 0.3) is 0 Å². The molecule has 0 fully saturated rings. The van der Waals surface area contributed by atoms with Crippen LogP contribution in [0.25, 0.3) is 0 Å². The number of hydrogen-bond donors (Lipinski definition) is 1. The van der Waals surface area contributed by atoms with Crippen molar-refractivity contribution in [3.8, 4) is 0 Å². The Balaban J connectivity index is 3.22. The molecule has 0 aliphatic heterocycles. The zero-order valence-corrected chi connectivity index (χ0v) is 11.2. The minimum absolute atomic E-state index is 0.259. The molecular weight excluding hydrogens is 238 g/mol. The third kappa shape index (κ3) is 3.37. The van der Waals surface area contributed by atoms with Crippen LogP contribution in [0.5, 0.6) is 0 Å². The highest BCUT2D eigenvalue weighted by Gasteiger charge is 2.18. The standard InChI is InChI=1S/C13H18ClNO2/c1-4-7-15(9(2)3)12-6-5-10(14)8-11(12)13(16)17/h5-6,8-9H,4,7H2,1-3H3,(H,16,17). The van der Waals surface area contributed by atoms with Crippen molar-refractivity contribution in [3.63, 3.8) is 0 Å². The molecule has 0 amide bonds. The first-order chi connectivity index (χ1) is 7.97. The van der Waals surface area contributed by atoms with E-state index >= 15 is 0 Å². The molecule has 0 atom stereocenters. The van der Waals surface area contributed by atoms with Crippen LogP contribution < -0.4 is 4.90 Å². The second-order valence-electron chi connectivity index (χ2n) is 4.25. The van der Waals surface area contributed by atoms with E-state index in [1.165, 1.54) is 6.07 Å². The highest BCUT2D eigenvalue weighted by Crippen LogP contribution is 2.26. The highest BCUT2D eigenvalue weighted by atomic mass is 35.5. The normalized spacial score (nSPS) is 10.6. The predicted molar refractivity (Wildman–Crippen MR) is 71.2 cm³/mol. The van der Waals surface area contributed by atoms with Crippen molar-refractivity contribution >= 4 is 23.3 Å². The summed E-state index contributed by atoms with van der Waals surface area (Å²) < 4.78 is 0. The van der Waals surface area contributed by atoms with E-state index < -0.39 is 5.97 Å². The van der Waals surface area contributed by atoms with Gasteiger partial charge in [0.15, 0.2) is 0 Å². The summed E-state index contributed by atoms with van der Waals surface area (Å²) in [5.74, 6) is -0.941. The van der Waals surface area contributed by atoms with Gasteiger partial charge in [0.05, 0.1) is 11.3 Å². The zero-order chi connectivity index (χ0) is 13.0. The summed E-state index contributed by atoms with van der Waals surface area (Å²) in [4.78, 5) is 13.3. The molecule has 0 aromatic heterocycles. The fraction of sp³-hybridized carbons (Fsp3) is 0.462. The van der Waals surface area contributed by atoms with E-state index in [-0.39, 0.29) is 11.6 Å². The second kappa shape index (κ2) is 5.92. The quantitative estimate of drug-likeness (QED) is 0.873. The number of rotatable bonds is 5. The van der Waals surface area contributed by atoms with E-state index in [0.717, 1.165) is 18.7 Å². The van der Waals surface area contributed by atoms with E-state index in [1.807, 2.05) is 0 Å². The molecule has 0 aliphatic carbocycles. The maximum atomic E-state index is 11.2. The lowest BCUT2D eigenvalue weighted by Crippen LogP contribution is -2.32. The molecule has 4 heteroatoms. The van der Waals surface area contributed by atoms with E-state index in [0.29, 0.717) is 5.02 Å². The summed E-state index contributed by atoms with van der Waals surface area (Å²) in [5.41, 5.74) is 0.999. The molecule has 1 aromatic rings. The van der Waals surface area contributed by atoms with Crippen LogP contribution in [0.2, 0.25) is 5.02 Å². The van der Waals surface area contributed by atoms with Crippen molar-refractivity contribution in [2.45, 2.75) is 33.2 Å². The Morgan fingerprint density at radius 3 is 2.59 bits per heavy atom. The molecule has 0 saturated carbocycles. The van der Waals surface area contributed by atoms with Crippen LogP contribution >= 0.6 is 11.6 Å². The Labute approximate surface area is 107 Å². The maximum Gasteiger partial charge on any atom is 0.337 e. The summed E-state index contributed by atoms with van der Waals surface area (Å²) in [6.07, 6.45) is 0.972. The molecule has 1 rings (SSSR count). The molecule has 0 radical (unpaired) electrons. The van der Waals surface area contributed by atoms with Crippen LogP contribution in [0.3, 0.4) is 0 Å². The van der Waals surface area contributed by atoms with E-state index in [1.54, 1.807) is 12.1 Å². The van der Waals surface area contributed by atoms with Crippen LogP contribution in [0, 0.1) is 0 Å². The molecule has 0 heterocycles. The SMILES string of the molecule is CCCN(c1ccc(Cl)cc1C(=O)O)C(C)C. The fourth-order valence-corrected chi connectivity index (χ4v) is 2.00. The Hall–Kier alpha value is -1.22. The Morgan fingerprint density at radius 2 is 2.12 bits per heavy atom. The van der Waals surface area contributed by atoms with Crippen LogP contribution in [0.4, 0.5) is 5.69 Å². The first-order valence-electron chi connectivity index (χ1n) is 5.76. The first kappa shape index (κ1) is 13.8. The largest absolute Gasteiger partial charge is 0.478 e. The van der Waals surface area contributed by atoms with Gasteiger partial charge in [0, 0.05) is 17.6 Å². The minimum atomic E-state index is -0.941. The highest BCUT2D eigenvalue weighted by molar-refractivity contribution is 6.31. The van der Waals surface area contributed by atoms with Gasteiger partial charge < -0.3 is 10.0 Å². The van der Waals surface area contributed by atoms with E-state index in [2.05, 4.69) is 25.7 Å². The number of carboxylic acids is 1. The molecule has 17 heavy (non-hydrogen) atoms. The third-order valence-electron chi connectivity index (χ3n) is 2.59. The number of benzene rings is 1. The number of aromatic carboxylic acids is 1. The Morgan fingerprint density at radius 1 is 1.47 bits per heavy atom. The first-order valence-corrected chi connectivity index (χ1v) is 6.14. The van der Waals surface area contributed by atoms with Crippen molar-refractivity contribution in [2.75, 3.05) is 11.4 Å². The van der Waals surface area contributed by atoms with Crippen LogP contribution in [0.15, 0.2) is 18.2 Å². The number of anilines is 1. The maximum absolute atomic E-state index is 11.2. The van der Waals surface area contributed by atoms with Gasteiger partial charge in [0.1, 0.15) is 0 Å². The molecule has 94 valence electrons. The number of halogens is 1. The van der Waals surface area contributed by atoms with Crippen molar-refractivity contribution in [3.05, 3.63) is 28.8 Å². The Kier molecular flexibility index (Phi) is 4.82. The number of nitrogens with zero attached hydrogens (tertiary/aromatic N) is 1. The van der Waals surface area contributed by atoms with E-state index in [9.17, 15) is 9.90 Å². The Bertz CT molecular complexity index is 404. The van der Waals surface area contributed by atoms with Gasteiger partial charge in [-0.1, -0.05) is 18.5 Å². The predicted octanol–water partition coefficient (Wildman–Crippen LogP) is 3.66. The monoisotopic (exact) mass is 255 g/mol. The van der Waals surface area contributed by atoms with Crippen LogP contribution in [0.1, 0.15) is 37.6 Å². The van der Waals surface area contributed by atoms with Crippen molar-refractivity contribution < 1.29 is 9.90 Å². The second-order valence-corrected chi connectivity index (χ2v) is 4.69. The fourth-order valence-electron chi connectivity index (χ4n) is 1.83.